The molecule has 0 fully saturated rings. The van der Waals surface area contributed by atoms with E-state index >= 15 is 0 Å². The van der Waals surface area contributed by atoms with E-state index in [1.807, 2.05) is 0 Å². The summed E-state index contributed by atoms with van der Waals surface area (Å²) >= 11 is 6.70. The number of nitrogens with one attached hydrogen (secondary N) is 2. The molecule has 0 saturated carbocycles. The van der Waals surface area contributed by atoms with Crippen molar-refractivity contribution >= 4 is 57.4 Å². The number of hydrogen-bond acceptors (Lipinski definition) is 2. The number of halogens is 3. The van der Waals surface area contributed by atoms with E-state index in [1.54, 1.807) is 24.3 Å². The highest BCUT2D eigenvalue weighted by Crippen LogP contribution is 2.21. The second kappa shape index (κ2) is 6.75. The molecule has 1 atom stereocenters. The van der Waals surface area contributed by atoms with Gasteiger partial charge in [-0.25, -0.2) is 4.39 Å². The third-order valence-corrected chi connectivity index (χ3v) is 2.59. The minimum atomic E-state index is -1.65. The monoisotopic (exact) mass is 370 g/mol. The highest BCUT2D eigenvalue weighted by molar-refractivity contribution is 14.1. The lowest BCUT2D eigenvalue weighted by Gasteiger charge is -2.11. The molecule has 0 aliphatic carbocycles. The van der Waals surface area contributed by atoms with Crippen molar-refractivity contribution in [1.29, 1.82) is 0 Å². The van der Waals surface area contributed by atoms with Crippen LogP contribution in [0.25, 0.3) is 0 Å². The molecule has 7 heteroatoms. The van der Waals surface area contributed by atoms with Gasteiger partial charge in [-0.1, -0.05) is 12.1 Å². The average Bonchev–Trinajstić information content (AvgIpc) is 2.31. The molecule has 1 unspecified atom stereocenters. The summed E-state index contributed by atoms with van der Waals surface area (Å²) < 4.78 is 11.1. The van der Waals surface area contributed by atoms with Gasteiger partial charge >= 0.3 is 0 Å². The molecule has 2 amide bonds. The maximum atomic E-state index is 12.7. The lowest BCUT2D eigenvalue weighted by molar-refractivity contribution is -0.117. The standard InChI is InChI=1S/C10H9ClFIN2O2/c11-5-8(16)14-6-3-1-2-4-7(6)15-10(17)9(12)13/h1-4,9H,5H2,(H,14,16)(H,15,17). The molecule has 4 nitrogen and oxygen atoms in total. The molecule has 0 aliphatic heterocycles. The van der Waals surface area contributed by atoms with E-state index in [9.17, 15) is 14.0 Å². The zero-order valence-electron chi connectivity index (χ0n) is 8.54. The smallest absolute Gasteiger partial charge is 0.269 e. The number of carbonyl (C=O) groups excluding carboxylic acids is 2. The van der Waals surface area contributed by atoms with Gasteiger partial charge in [-0.3, -0.25) is 9.59 Å². The molecule has 2 N–H and O–H groups in total. The van der Waals surface area contributed by atoms with E-state index in [4.69, 9.17) is 11.6 Å². The summed E-state index contributed by atoms with van der Waals surface area (Å²) in [4.78, 5) is 22.3. The highest BCUT2D eigenvalue weighted by Gasteiger charge is 2.14. The van der Waals surface area contributed by atoms with Gasteiger partial charge in [0.1, 0.15) is 5.88 Å². The van der Waals surface area contributed by atoms with Crippen LogP contribution in [0.2, 0.25) is 0 Å². The Morgan fingerprint density at radius 2 is 1.82 bits per heavy atom. The van der Waals surface area contributed by atoms with Crippen molar-refractivity contribution in [2.24, 2.45) is 0 Å². The van der Waals surface area contributed by atoms with E-state index in [1.165, 1.54) is 22.6 Å². The quantitative estimate of drug-likeness (QED) is 0.632. The molecule has 1 rings (SSSR count). The van der Waals surface area contributed by atoms with Gasteiger partial charge < -0.3 is 10.6 Å². The van der Waals surface area contributed by atoms with E-state index < -0.39 is 16.0 Å². The Bertz CT molecular complexity index is 429. The number of benzene rings is 1. The number of para-hydroxylation sites is 2. The molecule has 0 saturated heterocycles. The Balaban J connectivity index is 2.84. The van der Waals surface area contributed by atoms with Crippen LogP contribution in [0, 0.1) is 0 Å². The topological polar surface area (TPSA) is 58.2 Å². The Morgan fingerprint density at radius 1 is 1.29 bits per heavy atom. The Morgan fingerprint density at radius 3 is 2.29 bits per heavy atom. The van der Waals surface area contributed by atoms with Crippen LogP contribution >= 0.6 is 34.2 Å². The lowest BCUT2D eigenvalue weighted by atomic mass is 10.2. The van der Waals surface area contributed by atoms with Crippen molar-refractivity contribution in [3.63, 3.8) is 0 Å². The molecule has 0 bridgehead atoms. The molecule has 0 radical (unpaired) electrons. The molecule has 0 spiro atoms. The van der Waals surface area contributed by atoms with Crippen molar-refractivity contribution in [2.45, 2.75) is 4.18 Å². The van der Waals surface area contributed by atoms with Crippen molar-refractivity contribution in [3.8, 4) is 0 Å². The second-order valence-electron chi connectivity index (χ2n) is 3.02. The van der Waals surface area contributed by atoms with E-state index in [0.717, 1.165) is 0 Å². The summed E-state index contributed by atoms with van der Waals surface area (Å²) in [5.41, 5.74) is 0.707. The van der Waals surface area contributed by atoms with Gasteiger partial charge in [-0.15, -0.1) is 11.6 Å². The van der Waals surface area contributed by atoms with Crippen molar-refractivity contribution < 1.29 is 14.0 Å². The number of hydrogen-bond donors (Lipinski definition) is 2. The van der Waals surface area contributed by atoms with Gasteiger partial charge in [0.25, 0.3) is 5.91 Å². The Kier molecular flexibility index (Phi) is 5.63. The number of alkyl halides is 3. The first-order valence-electron chi connectivity index (χ1n) is 4.58. The fourth-order valence-corrected chi connectivity index (χ4v) is 1.29. The predicted octanol–water partition coefficient (Wildman–Crippen LogP) is 2.53. The largest absolute Gasteiger partial charge is 0.323 e. The zero-order valence-corrected chi connectivity index (χ0v) is 11.5. The van der Waals surface area contributed by atoms with Crippen LogP contribution in [-0.2, 0) is 9.59 Å². The summed E-state index contributed by atoms with van der Waals surface area (Å²) in [6, 6.07) is 6.48. The highest BCUT2D eigenvalue weighted by atomic mass is 127. The Labute approximate surface area is 116 Å². The normalized spacial score (nSPS) is 11.7. The third-order valence-electron chi connectivity index (χ3n) is 1.78. The first kappa shape index (κ1) is 14.2. The van der Waals surface area contributed by atoms with Crippen LogP contribution in [0.5, 0.6) is 0 Å². The van der Waals surface area contributed by atoms with E-state index in [2.05, 4.69) is 10.6 Å². The molecule has 1 aromatic carbocycles. The van der Waals surface area contributed by atoms with Crippen molar-refractivity contribution in [1.82, 2.24) is 0 Å². The van der Waals surface area contributed by atoms with Gasteiger partial charge in [0.15, 0.2) is 0 Å². The van der Waals surface area contributed by atoms with Crippen molar-refractivity contribution in [2.75, 3.05) is 16.5 Å². The molecule has 92 valence electrons. The van der Waals surface area contributed by atoms with Crippen LogP contribution < -0.4 is 10.6 Å². The fourth-order valence-electron chi connectivity index (χ4n) is 1.07. The van der Waals surface area contributed by atoms with Crippen LogP contribution in [0.3, 0.4) is 0 Å². The first-order chi connectivity index (χ1) is 8.04. The molecule has 0 aliphatic rings. The summed E-state index contributed by atoms with van der Waals surface area (Å²) in [6.45, 7) is 0. The fraction of sp³-hybridized carbons (Fsp3) is 0.200. The summed E-state index contributed by atoms with van der Waals surface area (Å²) in [5, 5.41) is 4.85. The predicted molar refractivity (Wildman–Crippen MR) is 73.3 cm³/mol. The number of carbonyl (C=O) groups is 2. The first-order valence-corrected chi connectivity index (χ1v) is 6.36. The van der Waals surface area contributed by atoms with Gasteiger partial charge in [-0.05, 0) is 34.7 Å². The minimum absolute atomic E-state index is 0.194. The van der Waals surface area contributed by atoms with E-state index in [0.29, 0.717) is 11.4 Å². The second-order valence-corrected chi connectivity index (χ2v) is 4.38. The molecular weight excluding hydrogens is 361 g/mol. The van der Waals surface area contributed by atoms with Gasteiger partial charge in [-0.2, -0.15) is 0 Å². The molecule has 17 heavy (non-hydrogen) atoms. The maximum absolute atomic E-state index is 12.7. The molecule has 0 heterocycles. The van der Waals surface area contributed by atoms with Crippen LogP contribution in [0.1, 0.15) is 0 Å². The van der Waals surface area contributed by atoms with Crippen molar-refractivity contribution in [3.05, 3.63) is 24.3 Å². The van der Waals surface area contributed by atoms with Crippen LogP contribution in [0.15, 0.2) is 24.3 Å². The SMILES string of the molecule is O=C(CCl)Nc1ccccc1NC(=O)C(F)I. The minimum Gasteiger partial charge on any atom is -0.323 e. The zero-order chi connectivity index (χ0) is 12.8. The summed E-state index contributed by atoms with van der Waals surface area (Å²) in [5.74, 6) is -1.38. The van der Waals surface area contributed by atoms with Crippen LogP contribution in [-0.4, -0.2) is 21.9 Å². The third kappa shape index (κ3) is 4.47. The average molecular weight is 371 g/mol. The number of amides is 2. The van der Waals surface area contributed by atoms with Gasteiger partial charge in [0.05, 0.1) is 11.4 Å². The van der Waals surface area contributed by atoms with Crippen LogP contribution in [0.4, 0.5) is 15.8 Å². The number of anilines is 2. The molecule has 1 aromatic rings. The molecular formula is C10H9ClFIN2O2. The Hall–Kier alpha value is -0.890. The van der Waals surface area contributed by atoms with Gasteiger partial charge in [0.2, 0.25) is 10.1 Å². The van der Waals surface area contributed by atoms with Gasteiger partial charge in [0, 0.05) is 0 Å². The molecule has 0 aromatic heterocycles. The number of rotatable bonds is 4. The van der Waals surface area contributed by atoms with E-state index in [-0.39, 0.29) is 5.88 Å². The lowest BCUT2D eigenvalue weighted by Crippen LogP contribution is -2.21. The maximum Gasteiger partial charge on any atom is 0.269 e. The summed E-state index contributed by atoms with van der Waals surface area (Å²) in [7, 11) is 0. The summed E-state index contributed by atoms with van der Waals surface area (Å²) in [6.07, 6.45) is 0.